The van der Waals surface area contributed by atoms with Gasteiger partial charge < -0.3 is 14.4 Å². The molecule has 1 saturated carbocycles. The van der Waals surface area contributed by atoms with Gasteiger partial charge in [-0.05, 0) is 47.4 Å². The van der Waals surface area contributed by atoms with Gasteiger partial charge >= 0.3 is 0 Å². The number of carbonyl (C=O) groups is 1. The summed E-state index contributed by atoms with van der Waals surface area (Å²) in [6.07, 6.45) is 5.17. The summed E-state index contributed by atoms with van der Waals surface area (Å²) in [5.74, 6) is 2.24. The molecular weight excluding hydrogens is 550 g/mol. The topological polar surface area (TPSA) is 38.5 Å². The van der Waals surface area contributed by atoms with Gasteiger partial charge in [-0.15, -0.1) is 11.3 Å². The smallest absolute Gasteiger partial charge is 0.194 e. The third-order valence-corrected chi connectivity index (χ3v) is 9.53. The highest BCUT2D eigenvalue weighted by Crippen LogP contribution is 2.64. The van der Waals surface area contributed by atoms with Gasteiger partial charge in [-0.1, -0.05) is 84.4 Å². The van der Waals surface area contributed by atoms with Crippen LogP contribution in [-0.2, 0) is 11.2 Å². The van der Waals surface area contributed by atoms with Crippen LogP contribution in [0.4, 0.5) is 0 Å². The summed E-state index contributed by atoms with van der Waals surface area (Å²) in [5, 5.41) is 2.81. The SMILES string of the molecule is O=C1C(c2ccccc2)=CC(=C(c2scc3c2OCCO3)N2C3C(Cc4ccc(Cl)cc4)C32)C=C1c1ccccc1. The molecular formula is C35H26ClNO3S. The molecule has 2 atom stereocenters. The van der Waals surface area contributed by atoms with Crippen molar-refractivity contribution in [2.45, 2.75) is 18.5 Å². The molecule has 0 bridgehead atoms. The Balaban J connectivity index is 1.25. The molecule has 2 fully saturated rings. The standard InChI is InChI=1S/C35H26ClNO3S/c36-25-13-11-21(12-14-25)17-28-31-32(28)37(31)30(35-34-29(20-41-35)39-15-16-40-34)24-18-26(22-7-3-1-4-8-22)33(38)27(19-24)23-9-5-2-6-10-23/h1-14,18-20,28,31-32H,15-17H2. The van der Waals surface area contributed by atoms with Crippen LogP contribution in [0, 0.1) is 5.92 Å². The third-order valence-electron chi connectivity index (χ3n) is 8.33. The van der Waals surface area contributed by atoms with E-state index in [0.29, 0.717) is 42.4 Å². The predicted molar refractivity (Wildman–Crippen MR) is 164 cm³/mol. The van der Waals surface area contributed by atoms with E-state index in [2.05, 4.69) is 29.2 Å². The molecule has 1 saturated heterocycles. The molecule has 3 heterocycles. The average molecular weight is 576 g/mol. The molecule has 1 aromatic heterocycles. The third kappa shape index (κ3) is 4.32. The Bertz CT molecular complexity index is 1680. The second kappa shape index (κ2) is 9.79. The Morgan fingerprint density at radius 1 is 0.829 bits per heavy atom. The van der Waals surface area contributed by atoms with Crippen LogP contribution in [0.1, 0.15) is 21.6 Å². The second-order valence-corrected chi connectivity index (χ2v) is 12.1. The molecule has 0 N–H and O–H groups in total. The van der Waals surface area contributed by atoms with Gasteiger partial charge in [0.05, 0.1) is 22.7 Å². The molecule has 3 aromatic carbocycles. The first kappa shape index (κ1) is 24.7. The van der Waals surface area contributed by atoms with Crippen molar-refractivity contribution in [2.75, 3.05) is 13.2 Å². The molecule has 4 aliphatic rings. The maximum absolute atomic E-state index is 13.9. The number of ether oxygens (including phenoxy) is 2. The summed E-state index contributed by atoms with van der Waals surface area (Å²) in [6.45, 7) is 1.08. The quantitative estimate of drug-likeness (QED) is 0.222. The number of hydrogen-bond donors (Lipinski definition) is 0. The van der Waals surface area contributed by atoms with E-state index in [1.165, 1.54) is 5.56 Å². The van der Waals surface area contributed by atoms with Crippen LogP contribution < -0.4 is 9.47 Å². The number of Topliss-reactive ketones (excluding diaryl/α,β-unsaturated/α-hetero) is 1. The first-order valence-electron chi connectivity index (χ1n) is 13.9. The zero-order valence-corrected chi connectivity index (χ0v) is 23.7. The molecule has 8 rings (SSSR count). The van der Waals surface area contributed by atoms with Gasteiger partial charge in [-0.2, -0.15) is 0 Å². The molecule has 2 unspecified atom stereocenters. The summed E-state index contributed by atoms with van der Waals surface area (Å²) in [7, 11) is 0. The van der Waals surface area contributed by atoms with Gasteiger partial charge in [-0.3, -0.25) is 4.79 Å². The summed E-state index contributed by atoms with van der Waals surface area (Å²) in [4.78, 5) is 17.5. The number of nitrogens with zero attached hydrogens (tertiary/aromatic N) is 1. The molecule has 41 heavy (non-hydrogen) atoms. The van der Waals surface area contributed by atoms with E-state index in [9.17, 15) is 4.79 Å². The first-order valence-corrected chi connectivity index (χ1v) is 15.2. The number of benzene rings is 3. The minimum atomic E-state index is 0.0369. The molecule has 6 heteroatoms. The number of ketones is 1. The van der Waals surface area contributed by atoms with Crippen LogP contribution in [0.3, 0.4) is 0 Å². The van der Waals surface area contributed by atoms with E-state index in [4.69, 9.17) is 21.1 Å². The lowest BCUT2D eigenvalue weighted by atomic mass is 9.85. The number of thiophene rings is 1. The Morgan fingerprint density at radius 2 is 1.44 bits per heavy atom. The molecule has 4 nitrogen and oxygen atoms in total. The van der Waals surface area contributed by atoms with Crippen LogP contribution >= 0.6 is 22.9 Å². The minimum absolute atomic E-state index is 0.0369. The van der Waals surface area contributed by atoms with Crippen LogP contribution in [0.5, 0.6) is 11.5 Å². The van der Waals surface area contributed by atoms with Gasteiger partial charge in [0.15, 0.2) is 17.3 Å². The van der Waals surface area contributed by atoms with Gasteiger partial charge in [-0.25, -0.2) is 0 Å². The Hall–Kier alpha value is -4.06. The minimum Gasteiger partial charge on any atom is -0.485 e. The normalized spacial score (nSPS) is 22.1. The number of likely N-dealkylation sites (tertiary alicyclic amines) is 1. The van der Waals surface area contributed by atoms with Crippen LogP contribution in [-0.4, -0.2) is 36.0 Å². The van der Waals surface area contributed by atoms with E-state index in [1.807, 2.05) is 78.2 Å². The fourth-order valence-corrected chi connectivity index (χ4v) is 7.33. The monoisotopic (exact) mass is 575 g/mol. The highest BCUT2D eigenvalue weighted by Gasteiger charge is 2.73. The van der Waals surface area contributed by atoms with Crippen molar-refractivity contribution in [1.29, 1.82) is 0 Å². The van der Waals surface area contributed by atoms with Crippen molar-refractivity contribution in [1.82, 2.24) is 4.90 Å². The number of allylic oxidation sites excluding steroid dienone is 5. The van der Waals surface area contributed by atoms with Crippen LogP contribution in [0.2, 0.25) is 5.02 Å². The maximum atomic E-state index is 13.9. The second-order valence-electron chi connectivity index (χ2n) is 10.8. The van der Waals surface area contributed by atoms with Crippen molar-refractivity contribution < 1.29 is 14.3 Å². The average Bonchev–Trinajstić information content (AvgIpc) is 3.88. The summed E-state index contributed by atoms with van der Waals surface area (Å²) in [5.41, 5.74) is 6.70. The maximum Gasteiger partial charge on any atom is 0.194 e. The number of halogens is 1. The molecule has 2 aliphatic carbocycles. The van der Waals surface area contributed by atoms with Gasteiger partial charge in [0.1, 0.15) is 13.2 Å². The molecule has 202 valence electrons. The first-order chi connectivity index (χ1) is 20.2. The summed E-state index contributed by atoms with van der Waals surface area (Å²) >= 11 is 7.77. The van der Waals surface area contributed by atoms with Gasteiger partial charge in [0, 0.05) is 33.0 Å². The van der Waals surface area contributed by atoms with E-state index >= 15 is 0 Å². The number of hydrogen-bond acceptors (Lipinski definition) is 5. The molecule has 0 amide bonds. The predicted octanol–water partition coefficient (Wildman–Crippen LogP) is 7.56. The van der Waals surface area contributed by atoms with Crippen LogP contribution in [0.25, 0.3) is 16.8 Å². The lowest BCUT2D eigenvalue weighted by Gasteiger charge is -2.25. The highest BCUT2D eigenvalue weighted by molar-refractivity contribution is 7.11. The summed E-state index contributed by atoms with van der Waals surface area (Å²) in [6, 6.07) is 29.1. The van der Waals surface area contributed by atoms with Crippen molar-refractivity contribution in [3.05, 3.63) is 135 Å². The Labute approximate surface area is 247 Å². The Kier molecular flexibility index (Phi) is 5.90. The number of fused-ring (bicyclic) bond motifs is 2. The molecule has 4 aromatic rings. The van der Waals surface area contributed by atoms with Gasteiger partial charge in [0.2, 0.25) is 0 Å². The van der Waals surface area contributed by atoms with E-state index in [0.717, 1.165) is 50.2 Å². The lowest BCUT2D eigenvalue weighted by molar-refractivity contribution is -0.108. The van der Waals surface area contributed by atoms with E-state index in [1.54, 1.807) is 11.3 Å². The van der Waals surface area contributed by atoms with Crippen molar-refractivity contribution in [3.8, 4) is 11.5 Å². The zero-order chi connectivity index (χ0) is 27.5. The molecule has 2 aliphatic heterocycles. The lowest BCUT2D eigenvalue weighted by Crippen LogP contribution is -2.21. The van der Waals surface area contributed by atoms with Crippen molar-refractivity contribution in [3.63, 3.8) is 0 Å². The fraction of sp³-hybridized carbons (Fsp3) is 0.171. The van der Waals surface area contributed by atoms with Crippen molar-refractivity contribution in [2.24, 2.45) is 5.92 Å². The molecule has 0 radical (unpaired) electrons. The van der Waals surface area contributed by atoms with Crippen molar-refractivity contribution >= 4 is 45.6 Å². The van der Waals surface area contributed by atoms with E-state index < -0.39 is 0 Å². The summed E-state index contributed by atoms with van der Waals surface area (Å²) < 4.78 is 12.1. The number of carbonyl (C=O) groups excluding carboxylic acids is 1. The Morgan fingerprint density at radius 3 is 2.07 bits per heavy atom. The highest BCUT2D eigenvalue weighted by atomic mass is 35.5. The number of rotatable bonds is 6. The zero-order valence-electron chi connectivity index (χ0n) is 22.1. The van der Waals surface area contributed by atoms with Gasteiger partial charge in [0.25, 0.3) is 0 Å². The largest absolute Gasteiger partial charge is 0.485 e. The fourth-order valence-electron chi connectivity index (χ4n) is 6.20. The van der Waals surface area contributed by atoms with Crippen LogP contribution in [0.15, 0.2) is 108 Å². The molecule has 0 spiro atoms. The van der Waals surface area contributed by atoms with E-state index in [-0.39, 0.29) is 5.78 Å².